The molecule has 0 amide bonds. The van der Waals surface area contributed by atoms with Gasteiger partial charge in [-0.2, -0.15) is 0 Å². The molecule has 0 saturated heterocycles. The summed E-state index contributed by atoms with van der Waals surface area (Å²) in [4.78, 5) is 34.6. The zero-order chi connectivity index (χ0) is 18.8. The summed E-state index contributed by atoms with van der Waals surface area (Å²) in [6.45, 7) is 0.0242. The summed E-state index contributed by atoms with van der Waals surface area (Å²) in [5, 5.41) is -0.711. The second-order valence-corrected chi connectivity index (χ2v) is 9.02. The second-order valence-electron chi connectivity index (χ2n) is 5.49. The predicted octanol–water partition coefficient (Wildman–Crippen LogP) is 3.31. The fraction of sp³-hybridized carbons (Fsp3) is 0.333. The quantitative estimate of drug-likeness (QED) is 0.469. The SMILES string of the molecule is NP(=O)(O)N(CCCl)CC(Cl)CC1=C(Br)C(=O)c2ccccc2C1=O. The third-order valence-electron chi connectivity index (χ3n) is 3.74. The number of hydrogen-bond acceptors (Lipinski definition) is 3. The summed E-state index contributed by atoms with van der Waals surface area (Å²) in [6.07, 6.45) is 0.0415. The van der Waals surface area contributed by atoms with Crippen molar-refractivity contribution in [2.24, 2.45) is 5.50 Å². The molecule has 0 radical (unpaired) electrons. The van der Waals surface area contributed by atoms with E-state index in [1.54, 1.807) is 24.3 Å². The Morgan fingerprint density at radius 2 is 1.80 bits per heavy atom. The van der Waals surface area contributed by atoms with Crippen LogP contribution in [0.5, 0.6) is 0 Å². The van der Waals surface area contributed by atoms with Crippen LogP contribution in [-0.2, 0) is 4.57 Å². The average Bonchev–Trinajstić information content (AvgIpc) is 2.55. The number of ketones is 2. The Kier molecular flexibility index (Phi) is 7.01. The fourth-order valence-corrected chi connectivity index (χ4v) is 4.65. The van der Waals surface area contributed by atoms with Gasteiger partial charge in [0.15, 0.2) is 5.78 Å². The first-order valence-electron chi connectivity index (χ1n) is 7.30. The zero-order valence-electron chi connectivity index (χ0n) is 13.0. The number of fused-ring (bicyclic) bond motifs is 1. The van der Waals surface area contributed by atoms with Crippen molar-refractivity contribution in [2.45, 2.75) is 11.8 Å². The molecular weight excluding hydrogens is 454 g/mol. The Morgan fingerprint density at radius 1 is 1.24 bits per heavy atom. The lowest BCUT2D eigenvalue weighted by Gasteiger charge is -2.26. The Hall–Kier alpha value is -0.530. The van der Waals surface area contributed by atoms with E-state index in [9.17, 15) is 19.0 Å². The van der Waals surface area contributed by atoms with Gasteiger partial charge in [0.05, 0.1) is 9.86 Å². The van der Waals surface area contributed by atoms with Crippen LogP contribution in [0.15, 0.2) is 34.3 Å². The van der Waals surface area contributed by atoms with Crippen molar-refractivity contribution >= 4 is 58.4 Å². The summed E-state index contributed by atoms with van der Waals surface area (Å²) < 4.78 is 12.9. The molecule has 0 bridgehead atoms. The number of nitrogens with two attached hydrogens (primary N) is 1. The van der Waals surface area contributed by atoms with Gasteiger partial charge in [-0.05, 0) is 22.4 Å². The van der Waals surface area contributed by atoms with E-state index in [0.717, 1.165) is 4.67 Å². The average molecular weight is 470 g/mol. The van der Waals surface area contributed by atoms with Gasteiger partial charge in [0, 0.05) is 35.7 Å². The molecule has 0 fully saturated rings. The van der Waals surface area contributed by atoms with E-state index < -0.39 is 13.0 Å². The molecule has 3 N–H and O–H groups in total. The molecule has 0 aliphatic heterocycles. The number of benzene rings is 1. The van der Waals surface area contributed by atoms with Crippen LogP contribution < -0.4 is 5.50 Å². The summed E-state index contributed by atoms with van der Waals surface area (Å²) in [5.74, 6) is -0.488. The Balaban J connectivity index is 2.22. The molecule has 25 heavy (non-hydrogen) atoms. The topological polar surface area (TPSA) is 101 Å². The molecule has 1 aromatic carbocycles. The molecule has 2 rings (SSSR count). The summed E-state index contributed by atoms with van der Waals surface area (Å²) in [5.41, 5.74) is 6.15. The van der Waals surface area contributed by atoms with E-state index in [2.05, 4.69) is 15.9 Å². The first kappa shape index (κ1) is 20.8. The molecule has 2 atom stereocenters. The van der Waals surface area contributed by atoms with Crippen molar-refractivity contribution in [1.82, 2.24) is 4.67 Å². The van der Waals surface area contributed by atoms with Gasteiger partial charge >= 0.3 is 7.67 Å². The third kappa shape index (κ3) is 4.80. The van der Waals surface area contributed by atoms with Crippen LogP contribution in [0.2, 0.25) is 0 Å². The van der Waals surface area contributed by atoms with Crippen LogP contribution in [0.4, 0.5) is 0 Å². The highest BCUT2D eigenvalue weighted by Crippen LogP contribution is 2.38. The van der Waals surface area contributed by atoms with Gasteiger partial charge in [0.25, 0.3) is 0 Å². The van der Waals surface area contributed by atoms with Crippen LogP contribution in [0, 0.1) is 0 Å². The highest BCUT2D eigenvalue weighted by Gasteiger charge is 2.33. The van der Waals surface area contributed by atoms with Crippen molar-refractivity contribution in [3.05, 3.63) is 45.4 Å². The molecule has 136 valence electrons. The molecule has 2 unspecified atom stereocenters. The van der Waals surface area contributed by atoms with Crippen LogP contribution in [0.3, 0.4) is 0 Å². The van der Waals surface area contributed by atoms with E-state index in [-0.39, 0.29) is 47.0 Å². The second kappa shape index (κ2) is 8.44. The predicted molar refractivity (Wildman–Crippen MR) is 102 cm³/mol. The van der Waals surface area contributed by atoms with E-state index >= 15 is 0 Å². The molecule has 10 heteroatoms. The minimum absolute atomic E-state index is 0.0415. The lowest BCUT2D eigenvalue weighted by atomic mass is 9.87. The molecule has 0 heterocycles. The largest absolute Gasteiger partial charge is 0.338 e. The number of rotatable bonds is 7. The number of nitrogens with zero attached hydrogens (tertiary/aromatic N) is 1. The molecule has 0 spiro atoms. The van der Waals surface area contributed by atoms with Crippen molar-refractivity contribution < 1.29 is 19.0 Å². The Labute approximate surface area is 163 Å². The van der Waals surface area contributed by atoms with E-state index in [1.165, 1.54) is 0 Å². The maximum absolute atomic E-state index is 12.7. The molecule has 1 aliphatic rings. The van der Waals surface area contributed by atoms with Gasteiger partial charge in [-0.15, -0.1) is 23.2 Å². The number of Topliss-reactive ketones (excluding diaryl/α,β-unsaturated/α-hetero) is 2. The first-order valence-corrected chi connectivity index (χ1v) is 10.7. The van der Waals surface area contributed by atoms with Crippen molar-refractivity contribution in [2.75, 3.05) is 19.0 Å². The molecular formula is C15H16BrCl2N2O4P. The highest BCUT2D eigenvalue weighted by molar-refractivity contribution is 9.12. The maximum atomic E-state index is 12.7. The maximum Gasteiger partial charge on any atom is 0.338 e. The van der Waals surface area contributed by atoms with Crippen LogP contribution in [-0.4, -0.2) is 45.5 Å². The molecule has 0 saturated carbocycles. The third-order valence-corrected chi connectivity index (χ3v) is 6.21. The first-order chi connectivity index (χ1) is 11.7. The van der Waals surface area contributed by atoms with Gasteiger partial charge in [0.2, 0.25) is 5.78 Å². The summed E-state index contributed by atoms with van der Waals surface area (Å²) in [6, 6.07) is 6.53. The van der Waals surface area contributed by atoms with Gasteiger partial charge in [-0.3, -0.25) is 14.2 Å². The van der Waals surface area contributed by atoms with Crippen LogP contribution in [0.25, 0.3) is 0 Å². The normalized spacial score (nSPS) is 18.3. The van der Waals surface area contributed by atoms with E-state index in [1.807, 2.05) is 0 Å². The van der Waals surface area contributed by atoms with Crippen LogP contribution in [0.1, 0.15) is 27.1 Å². The number of carbonyl (C=O) groups is 2. The van der Waals surface area contributed by atoms with Gasteiger partial charge < -0.3 is 4.89 Å². The number of halogens is 3. The van der Waals surface area contributed by atoms with Crippen molar-refractivity contribution in [3.63, 3.8) is 0 Å². The minimum atomic E-state index is -4.01. The Morgan fingerprint density at radius 3 is 2.32 bits per heavy atom. The smallest absolute Gasteiger partial charge is 0.322 e. The van der Waals surface area contributed by atoms with Gasteiger partial charge in [0.1, 0.15) is 0 Å². The summed E-state index contributed by atoms with van der Waals surface area (Å²) >= 11 is 15.1. The minimum Gasteiger partial charge on any atom is -0.322 e. The lowest BCUT2D eigenvalue weighted by molar-refractivity contribution is 0.0979. The monoisotopic (exact) mass is 468 g/mol. The molecule has 1 aliphatic carbocycles. The van der Waals surface area contributed by atoms with Gasteiger partial charge in [-0.1, -0.05) is 24.3 Å². The van der Waals surface area contributed by atoms with E-state index in [0.29, 0.717) is 11.1 Å². The standard InChI is InChI=1S/C15H16BrCl2N2O4P/c16-13-12(7-9(18)8-20(6-5-17)25(19,23)24)14(21)10-3-1-2-4-11(10)15(13)22/h1-4,9H,5-8H2,(H3,19,23,24). The molecule has 0 aromatic heterocycles. The number of alkyl halides is 2. The Bertz CT molecular complexity index is 781. The van der Waals surface area contributed by atoms with E-state index in [4.69, 9.17) is 28.7 Å². The fourth-order valence-electron chi connectivity index (χ4n) is 2.54. The number of allylic oxidation sites excluding steroid dienone is 2. The highest BCUT2D eigenvalue weighted by atomic mass is 79.9. The molecule has 6 nitrogen and oxygen atoms in total. The molecule has 1 aromatic rings. The zero-order valence-corrected chi connectivity index (χ0v) is 17.0. The number of hydrogen-bond donors (Lipinski definition) is 2. The van der Waals surface area contributed by atoms with Crippen molar-refractivity contribution in [3.8, 4) is 0 Å². The number of carbonyl (C=O) groups excluding carboxylic acids is 2. The lowest BCUT2D eigenvalue weighted by Crippen LogP contribution is -2.33. The summed E-state index contributed by atoms with van der Waals surface area (Å²) in [7, 11) is -4.01. The van der Waals surface area contributed by atoms with Gasteiger partial charge in [-0.25, -0.2) is 10.2 Å². The van der Waals surface area contributed by atoms with Crippen molar-refractivity contribution in [1.29, 1.82) is 0 Å². The van der Waals surface area contributed by atoms with Crippen LogP contribution >= 0.6 is 46.8 Å².